The molecule has 2 N–H and O–H groups in total. The monoisotopic (exact) mass is 311 g/mol. The highest BCUT2D eigenvalue weighted by Gasteiger charge is 2.42. The van der Waals surface area contributed by atoms with Gasteiger partial charge in [0.15, 0.2) is 0 Å². The topological polar surface area (TPSA) is 75.6 Å². The van der Waals surface area contributed by atoms with Gasteiger partial charge in [-0.3, -0.25) is 9.59 Å². The summed E-state index contributed by atoms with van der Waals surface area (Å²) < 4.78 is 5.26. The Balaban J connectivity index is 1.95. The van der Waals surface area contributed by atoms with Crippen LogP contribution in [0.15, 0.2) is 0 Å². The van der Waals surface area contributed by atoms with E-state index >= 15 is 0 Å². The first kappa shape index (κ1) is 17.3. The Morgan fingerprint density at radius 1 is 1.23 bits per heavy atom. The summed E-state index contributed by atoms with van der Waals surface area (Å²) in [6.45, 7) is 7.74. The molecular weight excluding hydrogens is 282 g/mol. The normalized spacial score (nSPS) is 30.5. The summed E-state index contributed by atoms with van der Waals surface area (Å²) in [4.78, 5) is 24.1. The Labute approximate surface area is 132 Å². The number of carboxylic acid groups (broad SMARTS) is 1. The standard InChI is InChI=1S/C17H29NO4/c1-12-8-13(10-16(2,3)9-12)14(19)18-11-17(15(20)21)4-6-22-7-5-17/h12-13H,4-11H2,1-3H3,(H,18,19)(H,20,21). The van der Waals surface area contributed by atoms with E-state index in [2.05, 4.69) is 26.1 Å². The summed E-state index contributed by atoms with van der Waals surface area (Å²) in [6.07, 6.45) is 3.86. The number of ether oxygens (including phenoxy) is 1. The third-order valence-electron chi connectivity index (χ3n) is 5.26. The average molecular weight is 311 g/mol. The van der Waals surface area contributed by atoms with Crippen LogP contribution in [0.25, 0.3) is 0 Å². The predicted octanol–water partition coefficient (Wildman–Crippen LogP) is 2.45. The van der Waals surface area contributed by atoms with Crippen molar-refractivity contribution in [2.45, 2.75) is 52.9 Å². The SMILES string of the molecule is CC1CC(C(=O)NCC2(C(=O)O)CCOCC2)CC(C)(C)C1. The Morgan fingerprint density at radius 3 is 2.41 bits per heavy atom. The van der Waals surface area contributed by atoms with E-state index in [0.717, 1.165) is 19.3 Å². The summed E-state index contributed by atoms with van der Waals surface area (Å²) in [6, 6.07) is 0. The minimum atomic E-state index is -0.857. The predicted molar refractivity (Wildman–Crippen MR) is 83.4 cm³/mol. The Kier molecular flexibility index (Phi) is 5.15. The third-order valence-corrected chi connectivity index (χ3v) is 5.26. The fraction of sp³-hybridized carbons (Fsp3) is 0.882. The molecule has 2 unspecified atom stereocenters. The number of nitrogens with one attached hydrogen (secondary N) is 1. The van der Waals surface area contributed by atoms with Gasteiger partial charge in [0.05, 0.1) is 5.41 Å². The molecule has 2 fully saturated rings. The maximum Gasteiger partial charge on any atom is 0.311 e. The molecule has 0 spiro atoms. The zero-order valence-corrected chi connectivity index (χ0v) is 14.0. The minimum Gasteiger partial charge on any atom is -0.481 e. The van der Waals surface area contributed by atoms with Crippen LogP contribution < -0.4 is 5.32 Å². The van der Waals surface area contributed by atoms with Crippen LogP contribution in [0.5, 0.6) is 0 Å². The van der Waals surface area contributed by atoms with Crippen molar-refractivity contribution in [2.75, 3.05) is 19.8 Å². The lowest BCUT2D eigenvalue weighted by atomic mass is 9.68. The average Bonchev–Trinajstić information content (AvgIpc) is 2.43. The zero-order valence-electron chi connectivity index (χ0n) is 14.0. The molecule has 0 aromatic carbocycles. The van der Waals surface area contributed by atoms with E-state index in [-0.39, 0.29) is 23.8 Å². The number of rotatable bonds is 4. The second-order valence-electron chi connectivity index (χ2n) is 8.03. The number of hydrogen-bond donors (Lipinski definition) is 2. The van der Waals surface area contributed by atoms with Gasteiger partial charge in [-0.1, -0.05) is 20.8 Å². The molecule has 1 aliphatic carbocycles. The molecule has 0 radical (unpaired) electrons. The largest absolute Gasteiger partial charge is 0.481 e. The molecule has 2 rings (SSSR count). The van der Waals surface area contributed by atoms with Crippen molar-refractivity contribution in [3.8, 4) is 0 Å². The Morgan fingerprint density at radius 2 is 1.86 bits per heavy atom. The first-order valence-electron chi connectivity index (χ1n) is 8.33. The highest BCUT2D eigenvalue weighted by Crippen LogP contribution is 2.41. The summed E-state index contributed by atoms with van der Waals surface area (Å²) >= 11 is 0. The van der Waals surface area contributed by atoms with Crippen molar-refractivity contribution in [3.05, 3.63) is 0 Å². The zero-order chi connectivity index (χ0) is 16.4. The van der Waals surface area contributed by atoms with Crippen LogP contribution >= 0.6 is 0 Å². The molecule has 22 heavy (non-hydrogen) atoms. The molecule has 0 aromatic rings. The molecule has 0 bridgehead atoms. The molecule has 1 amide bonds. The van der Waals surface area contributed by atoms with E-state index in [4.69, 9.17) is 4.74 Å². The number of amides is 1. The van der Waals surface area contributed by atoms with Gasteiger partial charge in [0.2, 0.25) is 5.91 Å². The van der Waals surface area contributed by atoms with Gasteiger partial charge in [0.25, 0.3) is 0 Å². The molecule has 1 saturated carbocycles. The second kappa shape index (κ2) is 6.57. The van der Waals surface area contributed by atoms with E-state index in [1.54, 1.807) is 0 Å². The van der Waals surface area contributed by atoms with Crippen molar-refractivity contribution in [2.24, 2.45) is 22.7 Å². The lowest BCUT2D eigenvalue weighted by Crippen LogP contribution is -2.48. The van der Waals surface area contributed by atoms with E-state index in [9.17, 15) is 14.7 Å². The van der Waals surface area contributed by atoms with Crippen LogP contribution in [0, 0.1) is 22.7 Å². The lowest BCUT2D eigenvalue weighted by Gasteiger charge is -2.39. The molecule has 0 aromatic heterocycles. The van der Waals surface area contributed by atoms with Crippen LogP contribution in [-0.2, 0) is 14.3 Å². The highest BCUT2D eigenvalue weighted by molar-refractivity contribution is 5.81. The highest BCUT2D eigenvalue weighted by atomic mass is 16.5. The fourth-order valence-corrected chi connectivity index (χ4v) is 4.17. The molecule has 5 nitrogen and oxygen atoms in total. The van der Waals surface area contributed by atoms with Crippen LogP contribution in [0.3, 0.4) is 0 Å². The van der Waals surface area contributed by atoms with Crippen molar-refractivity contribution in [1.82, 2.24) is 5.32 Å². The summed E-state index contributed by atoms with van der Waals surface area (Å²) in [5.41, 5.74) is -0.674. The van der Waals surface area contributed by atoms with Gasteiger partial charge in [0, 0.05) is 25.7 Å². The molecule has 2 aliphatic rings. The van der Waals surface area contributed by atoms with Crippen LogP contribution in [0.1, 0.15) is 52.9 Å². The van der Waals surface area contributed by atoms with Gasteiger partial charge < -0.3 is 15.2 Å². The lowest BCUT2D eigenvalue weighted by molar-refractivity contribution is -0.155. The van der Waals surface area contributed by atoms with E-state index in [1.807, 2.05) is 0 Å². The molecule has 1 aliphatic heterocycles. The Bertz CT molecular complexity index is 426. The Hall–Kier alpha value is -1.10. The van der Waals surface area contributed by atoms with Crippen LogP contribution in [0.4, 0.5) is 0 Å². The minimum absolute atomic E-state index is 0.00411. The number of carbonyl (C=O) groups is 2. The van der Waals surface area contributed by atoms with Gasteiger partial charge in [-0.2, -0.15) is 0 Å². The fourth-order valence-electron chi connectivity index (χ4n) is 4.17. The number of carbonyl (C=O) groups excluding carboxylic acids is 1. The first-order chi connectivity index (χ1) is 10.2. The maximum absolute atomic E-state index is 12.5. The van der Waals surface area contributed by atoms with Gasteiger partial charge >= 0.3 is 5.97 Å². The third kappa shape index (κ3) is 4.00. The molecule has 2 atom stereocenters. The van der Waals surface area contributed by atoms with E-state index in [0.29, 0.717) is 32.0 Å². The van der Waals surface area contributed by atoms with Crippen LogP contribution in [0.2, 0.25) is 0 Å². The summed E-state index contributed by atoms with van der Waals surface area (Å²) in [7, 11) is 0. The summed E-state index contributed by atoms with van der Waals surface area (Å²) in [5.74, 6) is -0.263. The maximum atomic E-state index is 12.5. The van der Waals surface area contributed by atoms with Crippen molar-refractivity contribution in [1.29, 1.82) is 0 Å². The number of aliphatic carboxylic acids is 1. The van der Waals surface area contributed by atoms with Crippen molar-refractivity contribution in [3.63, 3.8) is 0 Å². The summed E-state index contributed by atoms with van der Waals surface area (Å²) in [5, 5.41) is 12.5. The first-order valence-corrected chi connectivity index (χ1v) is 8.33. The van der Waals surface area contributed by atoms with Gasteiger partial charge in [0.1, 0.15) is 0 Å². The molecular formula is C17H29NO4. The van der Waals surface area contributed by atoms with Gasteiger partial charge in [-0.15, -0.1) is 0 Å². The quantitative estimate of drug-likeness (QED) is 0.836. The number of carboxylic acids is 1. The second-order valence-corrected chi connectivity index (χ2v) is 8.03. The van der Waals surface area contributed by atoms with Crippen molar-refractivity contribution >= 4 is 11.9 Å². The molecule has 126 valence electrons. The van der Waals surface area contributed by atoms with E-state index in [1.165, 1.54) is 0 Å². The van der Waals surface area contributed by atoms with E-state index < -0.39 is 11.4 Å². The number of hydrogen-bond acceptors (Lipinski definition) is 3. The molecule has 1 heterocycles. The van der Waals surface area contributed by atoms with Crippen molar-refractivity contribution < 1.29 is 19.4 Å². The van der Waals surface area contributed by atoms with Crippen LogP contribution in [-0.4, -0.2) is 36.7 Å². The van der Waals surface area contributed by atoms with Gasteiger partial charge in [-0.25, -0.2) is 0 Å². The smallest absolute Gasteiger partial charge is 0.311 e. The van der Waals surface area contributed by atoms with Gasteiger partial charge in [-0.05, 0) is 43.4 Å². The molecule has 1 saturated heterocycles. The molecule has 5 heteroatoms.